The smallest absolute Gasteiger partial charge is 0.0934 e. The van der Waals surface area contributed by atoms with Gasteiger partial charge >= 0.3 is 0 Å². The highest BCUT2D eigenvalue weighted by molar-refractivity contribution is 7.16. The molecule has 3 rings (SSSR count). The first-order valence-corrected chi connectivity index (χ1v) is 6.64. The van der Waals surface area contributed by atoms with Gasteiger partial charge in [-0.25, -0.2) is 0 Å². The summed E-state index contributed by atoms with van der Waals surface area (Å²) in [5, 5.41) is 12.8. The molecule has 1 heterocycles. The van der Waals surface area contributed by atoms with E-state index in [9.17, 15) is 5.11 Å². The lowest BCUT2D eigenvalue weighted by atomic mass is 9.88. The highest BCUT2D eigenvalue weighted by atomic mass is 35.5. The minimum atomic E-state index is -0.0746. The number of aliphatic hydroxyl groups is 1. The maximum absolute atomic E-state index is 9.23. The van der Waals surface area contributed by atoms with Crippen molar-refractivity contribution in [3.63, 3.8) is 0 Å². The summed E-state index contributed by atoms with van der Waals surface area (Å²) < 4.78 is 0.903. The zero-order valence-electron chi connectivity index (χ0n) is 8.37. The summed E-state index contributed by atoms with van der Waals surface area (Å²) in [5.74, 6) is 0. The van der Waals surface area contributed by atoms with Gasteiger partial charge < -0.3 is 10.4 Å². The molecule has 4 heteroatoms. The van der Waals surface area contributed by atoms with Crippen molar-refractivity contribution in [2.75, 3.05) is 0 Å². The first kappa shape index (κ1) is 10.1. The SMILES string of the molecule is OC1CC(NC2CCc3sc(Cl)cc32)C1. The third kappa shape index (κ3) is 1.82. The van der Waals surface area contributed by atoms with E-state index in [0.29, 0.717) is 12.1 Å². The molecule has 0 aromatic carbocycles. The molecule has 0 bridgehead atoms. The Kier molecular flexibility index (Phi) is 2.51. The molecule has 2 N–H and O–H groups in total. The van der Waals surface area contributed by atoms with Gasteiger partial charge in [-0.05, 0) is 37.3 Å². The van der Waals surface area contributed by atoms with Gasteiger partial charge in [-0.2, -0.15) is 0 Å². The molecule has 82 valence electrons. The minimum Gasteiger partial charge on any atom is -0.393 e. The Morgan fingerprint density at radius 2 is 2.27 bits per heavy atom. The molecule has 0 amide bonds. The number of aryl methyl sites for hydroxylation is 1. The maximum Gasteiger partial charge on any atom is 0.0934 e. The predicted molar refractivity (Wildman–Crippen MR) is 62.6 cm³/mol. The molecular weight excluding hydrogens is 230 g/mol. The Morgan fingerprint density at radius 3 is 3.00 bits per heavy atom. The number of fused-ring (bicyclic) bond motifs is 1. The zero-order valence-corrected chi connectivity index (χ0v) is 9.94. The van der Waals surface area contributed by atoms with Crippen molar-refractivity contribution >= 4 is 22.9 Å². The first-order valence-electron chi connectivity index (χ1n) is 5.44. The van der Waals surface area contributed by atoms with Crippen LogP contribution in [-0.4, -0.2) is 17.3 Å². The molecule has 0 saturated heterocycles. The fourth-order valence-electron chi connectivity index (χ4n) is 2.51. The van der Waals surface area contributed by atoms with Crippen molar-refractivity contribution in [3.8, 4) is 0 Å². The Labute approximate surface area is 98.3 Å². The highest BCUT2D eigenvalue weighted by Gasteiger charge is 2.32. The molecule has 0 spiro atoms. The second-order valence-electron chi connectivity index (χ2n) is 4.51. The Morgan fingerprint density at radius 1 is 1.47 bits per heavy atom. The average Bonchev–Trinajstić information content (AvgIpc) is 2.64. The molecule has 0 radical (unpaired) electrons. The molecule has 1 unspecified atom stereocenters. The van der Waals surface area contributed by atoms with Crippen LogP contribution in [0.15, 0.2) is 6.07 Å². The van der Waals surface area contributed by atoms with Gasteiger partial charge in [0.15, 0.2) is 0 Å². The van der Waals surface area contributed by atoms with Crippen LogP contribution in [0.4, 0.5) is 0 Å². The van der Waals surface area contributed by atoms with E-state index in [1.807, 2.05) is 0 Å². The van der Waals surface area contributed by atoms with Gasteiger partial charge in [0.25, 0.3) is 0 Å². The van der Waals surface area contributed by atoms with Gasteiger partial charge in [-0.3, -0.25) is 0 Å². The summed E-state index contributed by atoms with van der Waals surface area (Å²) in [6, 6.07) is 3.08. The van der Waals surface area contributed by atoms with Crippen LogP contribution < -0.4 is 5.32 Å². The van der Waals surface area contributed by atoms with Crippen LogP contribution in [0, 0.1) is 0 Å². The molecule has 2 aliphatic rings. The second-order valence-corrected chi connectivity index (χ2v) is 6.28. The van der Waals surface area contributed by atoms with E-state index in [-0.39, 0.29) is 6.10 Å². The molecule has 15 heavy (non-hydrogen) atoms. The number of nitrogens with one attached hydrogen (secondary N) is 1. The van der Waals surface area contributed by atoms with Gasteiger partial charge in [-0.15, -0.1) is 11.3 Å². The van der Waals surface area contributed by atoms with Gasteiger partial charge in [0.05, 0.1) is 10.4 Å². The van der Waals surface area contributed by atoms with Crippen LogP contribution in [0.5, 0.6) is 0 Å². The van der Waals surface area contributed by atoms with Crippen molar-refractivity contribution in [2.24, 2.45) is 0 Å². The monoisotopic (exact) mass is 243 g/mol. The van der Waals surface area contributed by atoms with Crippen molar-refractivity contribution in [1.82, 2.24) is 5.32 Å². The van der Waals surface area contributed by atoms with Gasteiger partial charge in [0.2, 0.25) is 0 Å². The molecule has 1 aromatic rings. The number of rotatable bonds is 2. The van der Waals surface area contributed by atoms with Crippen LogP contribution in [0.1, 0.15) is 35.7 Å². The molecule has 1 saturated carbocycles. The van der Waals surface area contributed by atoms with E-state index in [4.69, 9.17) is 11.6 Å². The summed E-state index contributed by atoms with van der Waals surface area (Å²) in [6.07, 6.45) is 4.08. The van der Waals surface area contributed by atoms with Crippen LogP contribution in [0.2, 0.25) is 4.34 Å². The number of aliphatic hydroxyl groups excluding tert-OH is 1. The van der Waals surface area contributed by atoms with Crippen LogP contribution >= 0.6 is 22.9 Å². The molecule has 2 aliphatic carbocycles. The van der Waals surface area contributed by atoms with Crippen molar-refractivity contribution in [2.45, 2.75) is 43.9 Å². The molecule has 0 aliphatic heterocycles. The predicted octanol–water partition coefficient (Wildman–Crippen LogP) is 2.50. The van der Waals surface area contributed by atoms with E-state index in [1.54, 1.807) is 11.3 Å². The number of thiophene rings is 1. The van der Waals surface area contributed by atoms with Crippen molar-refractivity contribution in [1.29, 1.82) is 0 Å². The fraction of sp³-hybridized carbons (Fsp3) is 0.636. The highest BCUT2D eigenvalue weighted by Crippen LogP contribution is 2.40. The van der Waals surface area contributed by atoms with Crippen molar-refractivity contribution in [3.05, 3.63) is 20.8 Å². The fourth-order valence-corrected chi connectivity index (χ4v) is 3.87. The number of halogens is 1. The topological polar surface area (TPSA) is 32.3 Å². The summed E-state index contributed by atoms with van der Waals surface area (Å²) in [6.45, 7) is 0. The Balaban J connectivity index is 1.68. The lowest BCUT2D eigenvalue weighted by molar-refractivity contribution is 0.0577. The maximum atomic E-state index is 9.23. The third-order valence-electron chi connectivity index (χ3n) is 3.40. The van der Waals surface area contributed by atoms with E-state index in [1.165, 1.54) is 16.9 Å². The lowest BCUT2D eigenvalue weighted by Gasteiger charge is -2.34. The summed E-state index contributed by atoms with van der Waals surface area (Å²) in [4.78, 5) is 1.44. The van der Waals surface area contributed by atoms with E-state index >= 15 is 0 Å². The lowest BCUT2D eigenvalue weighted by Crippen LogP contribution is -2.45. The third-order valence-corrected chi connectivity index (χ3v) is 4.74. The number of hydrogen-bond acceptors (Lipinski definition) is 3. The second kappa shape index (κ2) is 3.74. The largest absolute Gasteiger partial charge is 0.393 e. The first-order chi connectivity index (χ1) is 7.22. The molecule has 1 aromatic heterocycles. The Bertz CT molecular complexity index is 373. The van der Waals surface area contributed by atoms with Gasteiger partial charge in [-0.1, -0.05) is 11.6 Å². The van der Waals surface area contributed by atoms with E-state index in [0.717, 1.165) is 23.6 Å². The normalized spacial score (nSPS) is 33.9. The quantitative estimate of drug-likeness (QED) is 0.837. The molecular formula is C11H14ClNOS. The van der Waals surface area contributed by atoms with Crippen LogP contribution in [0.25, 0.3) is 0 Å². The Hall–Kier alpha value is -0.0900. The molecule has 2 nitrogen and oxygen atoms in total. The van der Waals surface area contributed by atoms with Gasteiger partial charge in [0, 0.05) is 17.0 Å². The summed E-state index contributed by atoms with van der Waals surface area (Å²) >= 11 is 7.71. The molecule has 1 atom stereocenters. The van der Waals surface area contributed by atoms with Gasteiger partial charge in [0.1, 0.15) is 0 Å². The minimum absolute atomic E-state index is 0.0746. The zero-order chi connectivity index (χ0) is 10.4. The van der Waals surface area contributed by atoms with Crippen molar-refractivity contribution < 1.29 is 5.11 Å². The number of hydrogen-bond donors (Lipinski definition) is 2. The van der Waals surface area contributed by atoms with Crippen LogP contribution in [0.3, 0.4) is 0 Å². The van der Waals surface area contributed by atoms with E-state index in [2.05, 4.69) is 11.4 Å². The molecule has 1 fully saturated rings. The standard InChI is InChI=1S/C11H14ClNOS/c12-11-5-8-9(1-2-10(8)15-11)13-6-3-7(14)4-6/h5-7,9,13-14H,1-4H2. The van der Waals surface area contributed by atoms with Crippen LogP contribution in [-0.2, 0) is 6.42 Å². The van der Waals surface area contributed by atoms with E-state index < -0.39 is 0 Å². The summed E-state index contributed by atoms with van der Waals surface area (Å²) in [7, 11) is 0. The average molecular weight is 244 g/mol. The summed E-state index contributed by atoms with van der Waals surface area (Å²) in [5.41, 5.74) is 1.39.